The minimum Gasteiger partial charge on any atom is -0.359 e. The van der Waals surface area contributed by atoms with Crippen molar-refractivity contribution in [2.24, 2.45) is 0 Å². The van der Waals surface area contributed by atoms with Gasteiger partial charge in [-0.2, -0.15) is 0 Å². The van der Waals surface area contributed by atoms with E-state index in [0.29, 0.717) is 6.04 Å². The fourth-order valence-electron chi connectivity index (χ4n) is 1.69. The van der Waals surface area contributed by atoms with Crippen LogP contribution in [0.5, 0.6) is 0 Å². The lowest BCUT2D eigenvalue weighted by atomic mass is 10.2. The molecule has 0 amide bonds. The SMILES string of the molecule is CN1CCCC1c1cc(Br)no1. The van der Waals surface area contributed by atoms with E-state index in [1.807, 2.05) is 6.07 Å². The number of nitrogens with zero attached hydrogens (tertiary/aromatic N) is 2. The number of likely N-dealkylation sites (tertiary alicyclic amines) is 1. The summed E-state index contributed by atoms with van der Waals surface area (Å²) in [4.78, 5) is 2.30. The van der Waals surface area contributed by atoms with E-state index < -0.39 is 0 Å². The van der Waals surface area contributed by atoms with Crippen molar-refractivity contribution in [1.29, 1.82) is 0 Å². The van der Waals surface area contributed by atoms with Crippen LogP contribution in [-0.2, 0) is 0 Å². The fraction of sp³-hybridized carbons (Fsp3) is 0.625. The molecule has 12 heavy (non-hydrogen) atoms. The molecule has 0 spiro atoms. The zero-order valence-electron chi connectivity index (χ0n) is 6.96. The average molecular weight is 231 g/mol. The van der Waals surface area contributed by atoms with Crippen LogP contribution in [0.3, 0.4) is 0 Å². The van der Waals surface area contributed by atoms with Crippen LogP contribution in [0, 0.1) is 0 Å². The van der Waals surface area contributed by atoms with Gasteiger partial charge in [-0.3, -0.25) is 4.90 Å². The van der Waals surface area contributed by atoms with Gasteiger partial charge in [0.05, 0.1) is 6.04 Å². The van der Waals surface area contributed by atoms with E-state index in [1.54, 1.807) is 0 Å². The zero-order chi connectivity index (χ0) is 8.55. The minimum absolute atomic E-state index is 0.434. The Morgan fingerprint density at radius 2 is 2.58 bits per heavy atom. The van der Waals surface area contributed by atoms with Crippen LogP contribution >= 0.6 is 15.9 Å². The molecule has 1 saturated heterocycles. The first kappa shape index (κ1) is 8.26. The van der Waals surface area contributed by atoms with Crippen molar-refractivity contribution >= 4 is 15.9 Å². The van der Waals surface area contributed by atoms with Crippen LogP contribution in [-0.4, -0.2) is 23.6 Å². The maximum absolute atomic E-state index is 5.18. The lowest BCUT2D eigenvalue weighted by Gasteiger charge is -2.15. The Labute approximate surface area is 79.8 Å². The fourth-order valence-corrected chi connectivity index (χ4v) is 1.99. The van der Waals surface area contributed by atoms with Crippen molar-refractivity contribution in [1.82, 2.24) is 10.1 Å². The van der Waals surface area contributed by atoms with E-state index >= 15 is 0 Å². The molecule has 1 unspecified atom stereocenters. The van der Waals surface area contributed by atoms with E-state index in [-0.39, 0.29) is 0 Å². The van der Waals surface area contributed by atoms with Gasteiger partial charge in [0.2, 0.25) is 0 Å². The second kappa shape index (κ2) is 3.18. The van der Waals surface area contributed by atoms with Crippen molar-refractivity contribution in [3.8, 4) is 0 Å². The monoisotopic (exact) mass is 230 g/mol. The quantitative estimate of drug-likeness (QED) is 0.741. The molecule has 1 aliphatic heterocycles. The Morgan fingerprint density at radius 1 is 1.75 bits per heavy atom. The molecule has 0 N–H and O–H groups in total. The number of rotatable bonds is 1. The summed E-state index contributed by atoms with van der Waals surface area (Å²) in [6, 6.07) is 2.38. The van der Waals surface area contributed by atoms with Crippen LogP contribution in [0.4, 0.5) is 0 Å². The van der Waals surface area contributed by atoms with Gasteiger partial charge in [0.1, 0.15) is 4.60 Å². The summed E-state index contributed by atoms with van der Waals surface area (Å²) < 4.78 is 5.97. The van der Waals surface area contributed by atoms with Crippen LogP contribution in [0.25, 0.3) is 0 Å². The van der Waals surface area contributed by atoms with Crippen LogP contribution in [0.15, 0.2) is 15.2 Å². The van der Waals surface area contributed by atoms with Gasteiger partial charge in [-0.15, -0.1) is 0 Å². The molecule has 0 radical (unpaired) electrons. The molecule has 0 aromatic carbocycles. The summed E-state index contributed by atoms with van der Waals surface area (Å²) in [5.41, 5.74) is 0. The maximum atomic E-state index is 5.18. The molecule has 1 atom stereocenters. The van der Waals surface area contributed by atoms with E-state index in [9.17, 15) is 0 Å². The molecule has 1 aromatic rings. The second-order valence-electron chi connectivity index (χ2n) is 3.19. The van der Waals surface area contributed by atoms with Gasteiger partial charge >= 0.3 is 0 Å². The van der Waals surface area contributed by atoms with Gasteiger partial charge in [0.25, 0.3) is 0 Å². The smallest absolute Gasteiger partial charge is 0.155 e. The highest BCUT2D eigenvalue weighted by atomic mass is 79.9. The van der Waals surface area contributed by atoms with Crippen molar-refractivity contribution in [3.63, 3.8) is 0 Å². The predicted octanol–water partition coefficient (Wildman–Crippen LogP) is 2.20. The summed E-state index contributed by atoms with van der Waals surface area (Å²) in [5, 5.41) is 3.81. The first-order valence-corrected chi connectivity index (χ1v) is 4.89. The summed E-state index contributed by atoms with van der Waals surface area (Å²) in [6.07, 6.45) is 2.43. The molecular weight excluding hydrogens is 220 g/mol. The second-order valence-corrected chi connectivity index (χ2v) is 4.00. The highest BCUT2D eigenvalue weighted by Gasteiger charge is 2.25. The van der Waals surface area contributed by atoms with E-state index in [1.165, 1.54) is 12.8 Å². The van der Waals surface area contributed by atoms with E-state index in [2.05, 4.69) is 33.0 Å². The largest absolute Gasteiger partial charge is 0.359 e. The van der Waals surface area contributed by atoms with Crippen molar-refractivity contribution < 1.29 is 4.52 Å². The molecule has 3 nitrogen and oxygen atoms in total. The molecule has 1 aromatic heterocycles. The Morgan fingerprint density at radius 3 is 3.08 bits per heavy atom. The molecule has 2 rings (SSSR count). The van der Waals surface area contributed by atoms with Gasteiger partial charge in [-0.25, -0.2) is 0 Å². The summed E-state index contributed by atoms with van der Waals surface area (Å²) in [6.45, 7) is 1.16. The topological polar surface area (TPSA) is 29.3 Å². The summed E-state index contributed by atoms with van der Waals surface area (Å²) in [7, 11) is 2.12. The number of hydrogen-bond donors (Lipinski definition) is 0. The zero-order valence-corrected chi connectivity index (χ0v) is 8.54. The number of halogens is 1. The third-order valence-corrected chi connectivity index (χ3v) is 2.72. The molecule has 0 bridgehead atoms. The van der Waals surface area contributed by atoms with E-state index in [0.717, 1.165) is 16.9 Å². The molecule has 4 heteroatoms. The Hall–Kier alpha value is -0.350. The lowest BCUT2D eigenvalue weighted by Crippen LogP contribution is -2.16. The lowest BCUT2D eigenvalue weighted by molar-refractivity contribution is 0.251. The molecule has 1 fully saturated rings. The molecule has 66 valence electrons. The van der Waals surface area contributed by atoms with Gasteiger partial charge in [-0.05, 0) is 42.4 Å². The minimum atomic E-state index is 0.434. The average Bonchev–Trinajstić information content (AvgIpc) is 2.58. The van der Waals surface area contributed by atoms with Gasteiger partial charge in [-0.1, -0.05) is 5.16 Å². The molecule has 1 aliphatic rings. The molecule has 2 heterocycles. The third-order valence-electron chi connectivity index (χ3n) is 2.35. The third kappa shape index (κ3) is 1.41. The van der Waals surface area contributed by atoms with Crippen LogP contribution < -0.4 is 0 Å². The molecular formula is C8H11BrN2O. The maximum Gasteiger partial charge on any atom is 0.155 e. The van der Waals surface area contributed by atoms with Crippen LogP contribution in [0.2, 0.25) is 0 Å². The van der Waals surface area contributed by atoms with Gasteiger partial charge in [0, 0.05) is 6.07 Å². The Balaban J connectivity index is 2.19. The van der Waals surface area contributed by atoms with Crippen molar-refractivity contribution in [2.75, 3.05) is 13.6 Å². The van der Waals surface area contributed by atoms with Crippen molar-refractivity contribution in [3.05, 3.63) is 16.4 Å². The number of aromatic nitrogens is 1. The highest BCUT2D eigenvalue weighted by Crippen LogP contribution is 2.31. The molecule has 0 saturated carbocycles. The van der Waals surface area contributed by atoms with Crippen molar-refractivity contribution in [2.45, 2.75) is 18.9 Å². The number of hydrogen-bond acceptors (Lipinski definition) is 3. The summed E-state index contributed by atoms with van der Waals surface area (Å²) >= 11 is 3.28. The molecule has 0 aliphatic carbocycles. The highest BCUT2D eigenvalue weighted by molar-refractivity contribution is 9.10. The first-order valence-electron chi connectivity index (χ1n) is 4.10. The van der Waals surface area contributed by atoms with Gasteiger partial charge < -0.3 is 4.52 Å². The Bertz CT molecular complexity index is 274. The predicted molar refractivity (Wildman–Crippen MR) is 48.8 cm³/mol. The van der Waals surface area contributed by atoms with Gasteiger partial charge in [0.15, 0.2) is 5.76 Å². The normalized spacial score (nSPS) is 25.0. The summed E-state index contributed by atoms with van der Waals surface area (Å²) in [5.74, 6) is 0.974. The van der Waals surface area contributed by atoms with Crippen LogP contribution in [0.1, 0.15) is 24.6 Å². The standard InChI is InChI=1S/C8H11BrN2O/c1-11-4-2-3-6(11)7-5-8(9)10-12-7/h5-6H,2-4H2,1H3. The first-order chi connectivity index (χ1) is 5.77. The van der Waals surface area contributed by atoms with E-state index in [4.69, 9.17) is 4.52 Å². The Kier molecular flexibility index (Phi) is 2.19.